The molecule has 8 heteroatoms. The van der Waals surface area contributed by atoms with Crippen LogP contribution < -0.4 is 5.56 Å². The summed E-state index contributed by atoms with van der Waals surface area (Å²) in [6.45, 7) is 0.459. The van der Waals surface area contributed by atoms with E-state index in [2.05, 4.69) is 0 Å². The summed E-state index contributed by atoms with van der Waals surface area (Å²) in [5.41, 5.74) is 2.27. The van der Waals surface area contributed by atoms with Crippen LogP contribution in [-0.2, 0) is 29.9 Å². The highest BCUT2D eigenvalue weighted by atomic mass is 32.2. The van der Waals surface area contributed by atoms with Crippen molar-refractivity contribution < 1.29 is 13.9 Å². The number of furan rings is 1. The molecule has 0 spiro atoms. The Morgan fingerprint density at radius 3 is 2.81 bits per heavy atom. The van der Waals surface area contributed by atoms with E-state index in [4.69, 9.17) is 14.1 Å². The lowest BCUT2D eigenvalue weighted by molar-refractivity contribution is 0.0563. The van der Waals surface area contributed by atoms with Gasteiger partial charge in [-0.05, 0) is 48.9 Å². The second kappa shape index (κ2) is 8.96. The average molecular weight is 467 g/mol. The lowest BCUT2D eigenvalue weighted by Gasteiger charge is -2.13. The average Bonchev–Trinajstić information content (AvgIpc) is 3.44. The molecule has 0 bridgehead atoms. The minimum Gasteiger partial charge on any atom is -0.463 e. The smallest absolute Gasteiger partial charge is 0.373 e. The molecule has 3 aromatic heterocycles. The maximum Gasteiger partial charge on any atom is 0.373 e. The van der Waals surface area contributed by atoms with Crippen LogP contribution in [0.2, 0.25) is 0 Å². The number of fused-ring (bicyclic) bond motifs is 3. The van der Waals surface area contributed by atoms with Crippen LogP contribution in [-0.4, -0.2) is 22.6 Å². The van der Waals surface area contributed by atoms with Crippen molar-refractivity contribution in [2.24, 2.45) is 0 Å². The third-order valence-electron chi connectivity index (χ3n) is 5.62. The third-order valence-corrected chi connectivity index (χ3v) is 7.80. The summed E-state index contributed by atoms with van der Waals surface area (Å²) in [7, 11) is 1.32. The van der Waals surface area contributed by atoms with E-state index in [9.17, 15) is 9.59 Å². The molecule has 0 amide bonds. The molecule has 0 saturated heterocycles. The van der Waals surface area contributed by atoms with Crippen molar-refractivity contribution in [2.75, 3.05) is 7.11 Å². The number of ether oxygens (including phenoxy) is 1. The van der Waals surface area contributed by atoms with Gasteiger partial charge in [-0.25, -0.2) is 9.78 Å². The van der Waals surface area contributed by atoms with Crippen molar-refractivity contribution in [1.82, 2.24) is 9.55 Å². The first-order chi connectivity index (χ1) is 15.6. The molecule has 1 aliphatic carbocycles. The van der Waals surface area contributed by atoms with Gasteiger partial charge in [-0.2, -0.15) is 0 Å². The first-order valence-corrected chi connectivity index (χ1v) is 12.3. The SMILES string of the molecule is COC(=O)c1ccc(CSc2nc3sc4c(c3c(=O)n2Cc2ccccc2)CCCC4)o1. The van der Waals surface area contributed by atoms with Gasteiger partial charge in [0.2, 0.25) is 5.76 Å². The molecule has 0 atom stereocenters. The second-order valence-electron chi connectivity index (χ2n) is 7.71. The summed E-state index contributed by atoms with van der Waals surface area (Å²) in [6.07, 6.45) is 4.27. The van der Waals surface area contributed by atoms with Crippen LogP contribution in [0, 0.1) is 0 Å². The van der Waals surface area contributed by atoms with Crippen LogP contribution >= 0.6 is 23.1 Å². The number of benzene rings is 1. The highest BCUT2D eigenvalue weighted by Crippen LogP contribution is 2.35. The fourth-order valence-corrected chi connectivity index (χ4v) is 6.23. The quantitative estimate of drug-likeness (QED) is 0.225. The number of thiophene rings is 1. The van der Waals surface area contributed by atoms with Gasteiger partial charge in [-0.15, -0.1) is 11.3 Å². The molecular formula is C24H22N2O4S2. The number of hydrogen-bond acceptors (Lipinski definition) is 7. The van der Waals surface area contributed by atoms with Gasteiger partial charge in [0, 0.05) is 4.88 Å². The standard InChI is InChI=1S/C24H22N2O4S2/c1-29-23(28)18-12-11-16(30-18)14-31-24-25-21-20(17-9-5-6-10-19(17)32-21)22(27)26(24)13-15-7-3-2-4-8-15/h2-4,7-8,11-12H,5-6,9-10,13-14H2,1H3. The van der Waals surface area contributed by atoms with E-state index < -0.39 is 5.97 Å². The van der Waals surface area contributed by atoms with Gasteiger partial charge < -0.3 is 9.15 Å². The highest BCUT2D eigenvalue weighted by Gasteiger charge is 2.22. The molecule has 1 aromatic carbocycles. The monoisotopic (exact) mass is 466 g/mol. The molecule has 0 N–H and O–H groups in total. The number of carbonyl (C=O) groups is 1. The zero-order valence-corrected chi connectivity index (χ0v) is 19.3. The Morgan fingerprint density at radius 1 is 1.19 bits per heavy atom. The van der Waals surface area contributed by atoms with Crippen LogP contribution in [0.5, 0.6) is 0 Å². The Hall–Kier alpha value is -2.84. The molecular weight excluding hydrogens is 444 g/mol. The zero-order valence-electron chi connectivity index (χ0n) is 17.6. The number of methoxy groups -OCH3 is 1. The minimum absolute atomic E-state index is 0.0236. The number of rotatable bonds is 6. The number of nitrogens with zero attached hydrogens (tertiary/aromatic N) is 2. The summed E-state index contributed by atoms with van der Waals surface area (Å²) >= 11 is 3.09. The predicted molar refractivity (Wildman–Crippen MR) is 126 cm³/mol. The topological polar surface area (TPSA) is 74.3 Å². The summed E-state index contributed by atoms with van der Waals surface area (Å²) < 4.78 is 12.1. The molecule has 5 rings (SSSR count). The van der Waals surface area contributed by atoms with Crippen molar-refractivity contribution in [3.8, 4) is 0 Å². The maximum absolute atomic E-state index is 13.7. The van der Waals surface area contributed by atoms with Gasteiger partial charge in [0.25, 0.3) is 5.56 Å². The van der Waals surface area contributed by atoms with Crippen LogP contribution in [0.3, 0.4) is 0 Å². The Balaban J connectivity index is 1.54. The maximum atomic E-state index is 13.7. The fourth-order valence-electron chi connectivity index (χ4n) is 4.04. The summed E-state index contributed by atoms with van der Waals surface area (Å²) in [6, 6.07) is 13.3. The zero-order chi connectivity index (χ0) is 22.1. The van der Waals surface area contributed by atoms with E-state index in [1.54, 1.807) is 28.0 Å². The first-order valence-electron chi connectivity index (χ1n) is 10.5. The lowest BCUT2D eigenvalue weighted by atomic mass is 9.97. The van der Waals surface area contributed by atoms with Crippen molar-refractivity contribution in [3.05, 3.63) is 80.3 Å². The van der Waals surface area contributed by atoms with Crippen molar-refractivity contribution in [3.63, 3.8) is 0 Å². The molecule has 0 saturated carbocycles. The van der Waals surface area contributed by atoms with Gasteiger partial charge >= 0.3 is 5.97 Å². The summed E-state index contributed by atoms with van der Waals surface area (Å²) in [4.78, 5) is 32.4. The third kappa shape index (κ3) is 4.00. The Bertz CT molecular complexity index is 1340. The number of thioether (sulfide) groups is 1. The van der Waals surface area contributed by atoms with Gasteiger partial charge in [-0.1, -0.05) is 42.1 Å². The van der Waals surface area contributed by atoms with Gasteiger partial charge in [0.05, 0.1) is 24.8 Å². The lowest BCUT2D eigenvalue weighted by Crippen LogP contribution is -2.24. The Kier molecular flexibility index (Phi) is 5.89. The van der Waals surface area contributed by atoms with Crippen LogP contribution in [0.1, 0.15) is 45.2 Å². The van der Waals surface area contributed by atoms with Gasteiger partial charge in [0.1, 0.15) is 10.6 Å². The Morgan fingerprint density at radius 2 is 2.00 bits per heavy atom. The Labute approximate surface area is 193 Å². The molecule has 0 radical (unpaired) electrons. The molecule has 0 unspecified atom stereocenters. The van der Waals surface area contributed by atoms with E-state index >= 15 is 0 Å². The molecule has 164 valence electrons. The second-order valence-corrected chi connectivity index (χ2v) is 9.73. The normalized spacial score (nSPS) is 13.3. The van der Waals surface area contributed by atoms with E-state index in [-0.39, 0.29) is 11.3 Å². The van der Waals surface area contributed by atoms with E-state index in [0.717, 1.165) is 35.0 Å². The van der Waals surface area contributed by atoms with Crippen LogP contribution in [0.25, 0.3) is 10.2 Å². The van der Waals surface area contributed by atoms with Gasteiger partial charge in [-0.3, -0.25) is 9.36 Å². The summed E-state index contributed by atoms with van der Waals surface area (Å²) in [5.74, 6) is 0.737. The largest absolute Gasteiger partial charge is 0.463 e. The van der Waals surface area contributed by atoms with E-state index in [0.29, 0.717) is 23.2 Å². The van der Waals surface area contributed by atoms with Crippen LogP contribution in [0.15, 0.2) is 56.8 Å². The van der Waals surface area contributed by atoms with Crippen molar-refractivity contribution >= 4 is 39.3 Å². The van der Waals surface area contributed by atoms with Gasteiger partial charge in [0.15, 0.2) is 5.16 Å². The number of hydrogen-bond donors (Lipinski definition) is 0. The molecule has 6 nitrogen and oxygen atoms in total. The predicted octanol–water partition coefficient (Wildman–Crippen LogP) is 5.06. The highest BCUT2D eigenvalue weighted by molar-refractivity contribution is 7.98. The number of carbonyl (C=O) groups excluding carboxylic acids is 1. The molecule has 0 fully saturated rings. The molecule has 3 heterocycles. The van der Waals surface area contributed by atoms with E-state index in [1.165, 1.54) is 35.7 Å². The van der Waals surface area contributed by atoms with E-state index in [1.807, 2.05) is 30.3 Å². The first kappa shape index (κ1) is 21.0. The number of aromatic nitrogens is 2. The molecule has 4 aromatic rings. The molecule has 0 aliphatic heterocycles. The summed E-state index contributed by atoms with van der Waals surface area (Å²) in [5, 5.41) is 1.44. The molecule has 32 heavy (non-hydrogen) atoms. The number of esters is 1. The fraction of sp³-hybridized carbons (Fsp3) is 0.292. The van der Waals surface area contributed by atoms with Crippen LogP contribution in [0.4, 0.5) is 0 Å². The molecule has 1 aliphatic rings. The number of aryl methyl sites for hydroxylation is 2. The van der Waals surface area contributed by atoms with Crippen molar-refractivity contribution in [1.29, 1.82) is 0 Å². The minimum atomic E-state index is -0.508. The van der Waals surface area contributed by atoms with Crippen molar-refractivity contribution in [2.45, 2.75) is 43.1 Å².